The van der Waals surface area contributed by atoms with Crippen LogP contribution in [0.25, 0.3) is 11.1 Å². The standard InChI is InChI=1S/C12H7ClFNO2/c13-11-9(12(16)17)5-7(6-15-11)8-3-1-2-4-10(8)14/h1-6H,(H,16,17). The highest BCUT2D eigenvalue weighted by atomic mass is 35.5. The number of halogens is 2. The van der Waals surface area contributed by atoms with Gasteiger partial charge in [-0.05, 0) is 12.1 Å². The molecule has 0 saturated carbocycles. The summed E-state index contributed by atoms with van der Waals surface area (Å²) in [6.45, 7) is 0. The average Bonchev–Trinajstić information content (AvgIpc) is 2.30. The molecular weight excluding hydrogens is 245 g/mol. The maximum absolute atomic E-state index is 13.5. The van der Waals surface area contributed by atoms with Crippen LogP contribution in [-0.2, 0) is 0 Å². The Bertz CT molecular complexity index is 586. The first kappa shape index (κ1) is 11.5. The topological polar surface area (TPSA) is 50.2 Å². The van der Waals surface area contributed by atoms with Gasteiger partial charge in [0.05, 0.1) is 5.56 Å². The van der Waals surface area contributed by atoms with E-state index >= 15 is 0 Å². The van der Waals surface area contributed by atoms with Crippen LogP contribution < -0.4 is 0 Å². The Labute approximate surface area is 101 Å². The van der Waals surface area contributed by atoms with Gasteiger partial charge in [-0.15, -0.1) is 0 Å². The van der Waals surface area contributed by atoms with Crippen molar-refractivity contribution >= 4 is 17.6 Å². The Kier molecular flexibility index (Phi) is 3.06. The van der Waals surface area contributed by atoms with Crippen molar-refractivity contribution in [3.8, 4) is 11.1 Å². The van der Waals surface area contributed by atoms with Crippen LogP contribution in [0.4, 0.5) is 4.39 Å². The molecule has 1 aromatic heterocycles. The number of hydrogen-bond donors (Lipinski definition) is 1. The van der Waals surface area contributed by atoms with Crippen LogP contribution in [0.2, 0.25) is 5.15 Å². The monoisotopic (exact) mass is 251 g/mol. The van der Waals surface area contributed by atoms with Gasteiger partial charge < -0.3 is 5.11 Å². The van der Waals surface area contributed by atoms with E-state index in [2.05, 4.69) is 4.98 Å². The number of pyridine rings is 1. The molecule has 0 aliphatic heterocycles. The van der Waals surface area contributed by atoms with Crippen LogP contribution in [0.15, 0.2) is 36.5 Å². The van der Waals surface area contributed by atoms with Gasteiger partial charge in [-0.3, -0.25) is 0 Å². The van der Waals surface area contributed by atoms with E-state index in [-0.39, 0.29) is 10.7 Å². The molecule has 0 atom stereocenters. The fourth-order valence-electron chi connectivity index (χ4n) is 1.44. The first-order chi connectivity index (χ1) is 8.09. The molecule has 0 fully saturated rings. The van der Waals surface area contributed by atoms with Crippen molar-refractivity contribution in [1.82, 2.24) is 4.98 Å². The molecule has 1 heterocycles. The number of hydrogen-bond acceptors (Lipinski definition) is 2. The molecule has 0 aliphatic carbocycles. The third-order valence-corrected chi connectivity index (χ3v) is 2.56. The van der Waals surface area contributed by atoms with Gasteiger partial charge in [-0.1, -0.05) is 29.8 Å². The van der Waals surface area contributed by atoms with Crippen LogP contribution in [-0.4, -0.2) is 16.1 Å². The number of carboxylic acids is 1. The molecule has 0 spiro atoms. The molecule has 3 nitrogen and oxygen atoms in total. The number of carbonyl (C=O) groups is 1. The molecule has 0 unspecified atom stereocenters. The maximum atomic E-state index is 13.5. The van der Waals surface area contributed by atoms with Gasteiger partial charge in [0.1, 0.15) is 11.0 Å². The summed E-state index contributed by atoms with van der Waals surface area (Å²) >= 11 is 5.63. The van der Waals surface area contributed by atoms with Crippen LogP contribution in [0.5, 0.6) is 0 Å². The molecule has 0 aliphatic rings. The largest absolute Gasteiger partial charge is 0.478 e. The van der Waals surface area contributed by atoms with E-state index in [0.717, 1.165) is 0 Å². The molecule has 0 saturated heterocycles. The Morgan fingerprint density at radius 1 is 1.35 bits per heavy atom. The van der Waals surface area contributed by atoms with E-state index in [0.29, 0.717) is 11.1 Å². The zero-order valence-corrected chi connectivity index (χ0v) is 9.28. The second kappa shape index (κ2) is 4.51. The zero-order chi connectivity index (χ0) is 12.4. The summed E-state index contributed by atoms with van der Waals surface area (Å²) in [5.74, 6) is -1.63. The molecule has 2 aromatic rings. The number of benzene rings is 1. The van der Waals surface area contributed by atoms with Gasteiger partial charge in [0.2, 0.25) is 0 Å². The first-order valence-corrected chi connectivity index (χ1v) is 5.11. The van der Waals surface area contributed by atoms with Gasteiger partial charge in [-0.25, -0.2) is 14.2 Å². The van der Waals surface area contributed by atoms with Crippen molar-refractivity contribution in [3.63, 3.8) is 0 Å². The predicted molar refractivity (Wildman–Crippen MR) is 61.6 cm³/mol. The lowest BCUT2D eigenvalue weighted by Crippen LogP contribution is -2.00. The fourth-order valence-corrected chi connectivity index (χ4v) is 1.62. The third kappa shape index (κ3) is 2.26. The molecule has 0 radical (unpaired) electrons. The Balaban J connectivity index is 2.58. The molecule has 1 N–H and O–H groups in total. The minimum Gasteiger partial charge on any atom is -0.478 e. The molecule has 86 valence electrons. The quantitative estimate of drug-likeness (QED) is 0.834. The highest BCUT2D eigenvalue weighted by molar-refractivity contribution is 6.32. The van der Waals surface area contributed by atoms with Crippen molar-refractivity contribution in [1.29, 1.82) is 0 Å². The molecule has 1 aromatic carbocycles. The van der Waals surface area contributed by atoms with E-state index in [1.54, 1.807) is 18.2 Å². The third-order valence-electron chi connectivity index (χ3n) is 2.25. The number of nitrogens with zero attached hydrogens (tertiary/aromatic N) is 1. The van der Waals surface area contributed by atoms with Gasteiger partial charge in [-0.2, -0.15) is 0 Å². The summed E-state index contributed by atoms with van der Waals surface area (Å²) in [5.41, 5.74) is 0.525. The normalized spacial score (nSPS) is 10.2. The van der Waals surface area contributed by atoms with Crippen molar-refractivity contribution < 1.29 is 14.3 Å². The van der Waals surface area contributed by atoms with Crippen molar-refractivity contribution in [2.75, 3.05) is 0 Å². The predicted octanol–water partition coefficient (Wildman–Crippen LogP) is 3.24. The van der Waals surface area contributed by atoms with Crippen LogP contribution in [0.3, 0.4) is 0 Å². The Hall–Kier alpha value is -1.94. The Morgan fingerprint density at radius 3 is 2.71 bits per heavy atom. The van der Waals surface area contributed by atoms with Crippen LogP contribution in [0, 0.1) is 5.82 Å². The van der Waals surface area contributed by atoms with E-state index < -0.39 is 11.8 Å². The minimum atomic E-state index is -1.19. The summed E-state index contributed by atoms with van der Waals surface area (Å²) in [6, 6.07) is 7.36. The lowest BCUT2D eigenvalue weighted by molar-refractivity contribution is 0.0696. The summed E-state index contributed by atoms with van der Waals surface area (Å²) in [5, 5.41) is 8.77. The summed E-state index contributed by atoms with van der Waals surface area (Å²) in [6.07, 6.45) is 1.34. The maximum Gasteiger partial charge on any atom is 0.338 e. The molecule has 0 amide bonds. The van der Waals surface area contributed by atoms with Gasteiger partial charge in [0.15, 0.2) is 0 Å². The number of carboxylic acid groups (broad SMARTS) is 1. The summed E-state index contributed by atoms with van der Waals surface area (Å²) in [4.78, 5) is 14.6. The van der Waals surface area contributed by atoms with E-state index in [1.165, 1.54) is 18.3 Å². The lowest BCUT2D eigenvalue weighted by Gasteiger charge is -2.05. The van der Waals surface area contributed by atoms with Crippen LogP contribution in [0.1, 0.15) is 10.4 Å². The minimum absolute atomic E-state index is 0.113. The average molecular weight is 252 g/mol. The first-order valence-electron chi connectivity index (χ1n) is 4.73. The van der Waals surface area contributed by atoms with Gasteiger partial charge in [0, 0.05) is 17.3 Å². The number of rotatable bonds is 2. The van der Waals surface area contributed by atoms with E-state index in [9.17, 15) is 9.18 Å². The summed E-state index contributed by atoms with van der Waals surface area (Å²) < 4.78 is 13.5. The van der Waals surface area contributed by atoms with Crippen molar-refractivity contribution in [2.24, 2.45) is 0 Å². The second-order valence-corrected chi connectivity index (χ2v) is 3.71. The van der Waals surface area contributed by atoms with Crippen molar-refractivity contribution in [2.45, 2.75) is 0 Å². The number of aromatic carboxylic acids is 1. The van der Waals surface area contributed by atoms with E-state index in [4.69, 9.17) is 16.7 Å². The van der Waals surface area contributed by atoms with E-state index in [1.807, 2.05) is 0 Å². The summed E-state index contributed by atoms with van der Waals surface area (Å²) in [7, 11) is 0. The SMILES string of the molecule is O=C(O)c1cc(-c2ccccc2F)cnc1Cl. The molecule has 0 bridgehead atoms. The molecule has 5 heteroatoms. The van der Waals surface area contributed by atoms with Crippen LogP contribution >= 0.6 is 11.6 Å². The zero-order valence-electron chi connectivity index (χ0n) is 8.52. The van der Waals surface area contributed by atoms with Gasteiger partial charge >= 0.3 is 5.97 Å². The molecule has 2 rings (SSSR count). The molecular formula is C12H7ClFNO2. The Morgan fingerprint density at radius 2 is 2.06 bits per heavy atom. The second-order valence-electron chi connectivity index (χ2n) is 3.35. The molecule has 17 heavy (non-hydrogen) atoms. The lowest BCUT2D eigenvalue weighted by atomic mass is 10.1. The van der Waals surface area contributed by atoms with Crippen molar-refractivity contribution in [3.05, 3.63) is 53.1 Å². The smallest absolute Gasteiger partial charge is 0.338 e. The number of aromatic nitrogens is 1. The fraction of sp³-hybridized carbons (Fsp3) is 0. The highest BCUT2D eigenvalue weighted by Crippen LogP contribution is 2.25. The highest BCUT2D eigenvalue weighted by Gasteiger charge is 2.13. The van der Waals surface area contributed by atoms with Gasteiger partial charge in [0.25, 0.3) is 0 Å².